The molecule has 1 unspecified atom stereocenters. The lowest BCUT2D eigenvalue weighted by Crippen LogP contribution is -2.25. The third-order valence-corrected chi connectivity index (χ3v) is 12.4. The van der Waals surface area contributed by atoms with Crippen molar-refractivity contribution in [1.82, 2.24) is 0 Å². The first kappa shape index (κ1) is 20.4. The summed E-state index contributed by atoms with van der Waals surface area (Å²) in [5.74, 6) is -1.74. The zero-order valence-electron chi connectivity index (χ0n) is 16.2. The van der Waals surface area contributed by atoms with Gasteiger partial charge in [-0.2, -0.15) is 4.36 Å². The second-order valence-corrected chi connectivity index (χ2v) is 13.0. The molecule has 0 aromatic heterocycles. The molecule has 0 saturated heterocycles. The molecule has 2 nitrogen and oxygen atoms in total. The molecule has 0 bridgehead atoms. The minimum Gasteiger partial charge on any atom is -0.204 e. The Morgan fingerprint density at radius 3 is 1.61 bits per heavy atom. The van der Waals surface area contributed by atoms with Gasteiger partial charge in [-0.05, 0) is 16.9 Å². The van der Waals surface area contributed by atoms with Gasteiger partial charge in [0.05, 0.1) is 27.5 Å². The molecule has 1 atom stereocenters. The van der Waals surface area contributed by atoms with Crippen LogP contribution in [-0.4, -0.2) is 0 Å². The van der Waals surface area contributed by atoms with Crippen LogP contribution in [0.15, 0.2) is 117 Å². The van der Waals surface area contributed by atoms with Gasteiger partial charge in [-0.15, -0.1) is 0 Å². The van der Waals surface area contributed by atoms with Crippen molar-refractivity contribution in [3.8, 4) is 0 Å². The first-order chi connectivity index (χ1) is 15.2. The number of benzene rings is 4. The molecule has 1 aliphatic rings. The topological polar surface area (TPSA) is 24.7 Å². The Morgan fingerprint density at radius 2 is 1.13 bits per heavy atom. The van der Waals surface area contributed by atoms with Gasteiger partial charge in [-0.25, -0.2) is 12.9 Å². The van der Waals surface area contributed by atoms with Crippen molar-refractivity contribution in [1.29, 1.82) is 0 Å². The number of hydrogen-bond acceptors (Lipinski definition) is 3. The van der Waals surface area contributed by atoms with E-state index in [2.05, 4.69) is 40.8 Å². The third kappa shape index (κ3) is 3.80. The highest BCUT2D eigenvalue weighted by Gasteiger charge is 2.29. The van der Waals surface area contributed by atoms with Gasteiger partial charge in [0.1, 0.15) is 0 Å². The van der Waals surface area contributed by atoms with Gasteiger partial charge in [0, 0.05) is 22.0 Å². The molecule has 31 heavy (non-hydrogen) atoms. The molecule has 0 saturated carbocycles. The molecular weight excluding hydrogens is 449 g/mol. The lowest BCUT2D eigenvalue weighted by atomic mass is 10.3. The molecule has 0 spiro atoms. The molecule has 4 aromatic rings. The second-order valence-electron chi connectivity index (χ2n) is 6.86. The summed E-state index contributed by atoms with van der Waals surface area (Å²) < 4.78 is 37.6. The van der Waals surface area contributed by atoms with Crippen LogP contribution in [0.5, 0.6) is 0 Å². The summed E-state index contributed by atoms with van der Waals surface area (Å²) in [6, 6.07) is 33.1. The standard InChI is InChI=1S/C24H17F2N2PS2/c25-21-16-23-24(17-22(21)26)30-31(27-23)28-29(18-10-4-1-5-11-18,19-12-6-2-7-13-19)20-14-8-3-9-15-20/h1-17H. The maximum Gasteiger partial charge on any atom is 0.161 e. The highest BCUT2D eigenvalue weighted by Crippen LogP contribution is 2.51. The van der Waals surface area contributed by atoms with Crippen molar-refractivity contribution in [2.45, 2.75) is 4.90 Å². The number of rotatable bonds is 4. The Hall–Kier alpha value is -2.53. The van der Waals surface area contributed by atoms with Gasteiger partial charge < -0.3 is 0 Å². The van der Waals surface area contributed by atoms with Crippen LogP contribution in [0.4, 0.5) is 14.5 Å². The Kier molecular flexibility index (Phi) is 5.61. The lowest BCUT2D eigenvalue weighted by molar-refractivity contribution is 0.506. The number of hydrogen-bond donors (Lipinski definition) is 0. The van der Waals surface area contributed by atoms with Crippen LogP contribution in [0.1, 0.15) is 0 Å². The van der Waals surface area contributed by atoms with Crippen LogP contribution in [0.2, 0.25) is 0 Å². The van der Waals surface area contributed by atoms with Crippen LogP contribution in [0.3, 0.4) is 0 Å². The van der Waals surface area contributed by atoms with E-state index in [1.54, 1.807) is 0 Å². The fourth-order valence-corrected chi connectivity index (χ4v) is 11.8. The second kappa shape index (κ2) is 8.54. The van der Waals surface area contributed by atoms with Gasteiger partial charge in [-0.1, -0.05) is 91.0 Å². The van der Waals surface area contributed by atoms with Crippen LogP contribution < -0.4 is 15.9 Å². The summed E-state index contributed by atoms with van der Waals surface area (Å²) in [5, 5.41) is 3.34. The molecule has 0 amide bonds. The molecule has 0 radical (unpaired) electrons. The summed E-state index contributed by atoms with van der Waals surface area (Å²) in [4.78, 5) is 0.623. The first-order valence-electron chi connectivity index (χ1n) is 9.60. The van der Waals surface area contributed by atoms with Crippen LogP contribution in [0.25, 0.3) is 0 Å². The van der Waals surface area contributed by atoms with Crippen LogP contribution in [-0.2, 0) is 9.91 Å². The van der Waals surface area contributed by atoms with Crippen LogP contribution >= 0.6 is 17.8 Å². The predicted molar refractivity (Wildman–Crippen MR) is 129 cm³/mol. The van der Waals surface area contributed by atoms with E-state index >= 15 is 0 Å². The Balaban J connectivity index is 1.80. The summed E-state index contributed by atoms with van der Waals surface area (Å²) in [6.07, 6.45) is 0. The predicted octanol–water partition coefficient (Wildman–Crippen LogP) is 6.51. The molecule has 4 aromatic carbocycles. The van der Waals surface area contributed by atoms with Crippen molar-refractivity contribution < 1.29 is 8.78 Å². The Bertz CT molecular complexity index is 1220. The zero-order chi connectivity index (χ0) is 21.3. The number of fused-ring (bicyclic) bond motifs is 1. The molecule has 1 heterocycles. The average molecular weight is 467 g/mol. The molecule has 0 fully saturated rings. The van der Waals surface area contributed by atoms with Gasteiger partial charge in [0.15, 0.2) is 11.6 Å². The minimum absolute atomic E-state index is 0.461. The average Bonchev–Trinajstić information content (AvgIpc) is 3.20. The van der Waals surface area contributed by atoms with E-state index in [1.165, 1.54) is 16.9 Å². The van der Waals surface area contributed by atoms with E-state index < -0.39 is 28.6 Å². The van der Waals surface area contributed by atoms with Crippen LogP contribution in [0, 0.1) is 11.6 Å². The van der Waals surface area contributed by atoms with E-state index in [0.717, 1.165) is 22.0 Å². The summed E-state index contributed by atoms with van der Waals surface area (Å²) in [7, 11) is -1.86. The molecule has 0 N–H and O–H groups in total. The highest BCUT2D eigenvalue weighted by molar-refractivity contribution is 8.70. The number of nitrogens with zero attached hydrogens (tertiary/aromatic N) is 2. The van der Waals surface area contributed by atoms with Crippen molar-refractivity contribution in [3.63, 3.8) is 0 Å². The third-order valence-electron chi connectivity index (χ3n) is 4.92. The van der Waals surface area contributed by atoms with Crippen molar-refractivity contribution >= 4 is 49.4 Å². The van der Waals surface area contributed by atoms with Crippen molar-refractivity contribution in [2.24, 2.45) is 8.51 Å². The Morgan fingerprint density at radius 1 is 0.677 bits per heavy atom. The van der Waals surface area contributed by atoms with E-state index in [0.29, 0.717) is 10.6 Å². The van der Waals surface area contributed by atoms with Crippen molar-refractivity contribution in [3.05, 3.63) is 115 Å². The van der Waals surface area contributed by atoms with E-state index in [4.69, 9.17) is 4.15 Å². The normalized spacial score (nSPS) is 15.2. The maximum atomic E-state index is 13.8. The quantitative estimate of drug-likeness (QED) is 0.249. The summed E-state index contributed by atoms with van der Waals surface area (Å²) in [5.41, 5.74) is 0.461. The monoisotopic (exact) mass is 466 g/mol. The van der Waals surface area contributed by atoms with Crippen molar-refractivity contribution in [2.75, 3.05) is 0 Å². The fraction of sp³-hybridized carbons (Fsp3) is 0. The van der Waals surface area contributed by atoms with Gasteiger partial charge >= 0.3 is 0 Å². The molecule has 1 aliphatic heterocycles. The largest absolute Gasteiger partial charge is 0.204 e. The van der Waals surface area contributed by atoms with E-state index in [1.807, 2.05) is 54.6 Å². The van der Waals surface area contributed by atoms with E-state index in [9.17, 15) is 8.78 Å². The van der Waals surface area contributed by atoms with Gasteiger partial charge in [-0.3, -0.25) is 0 Å². The smallest absolute Gasteiger partial charge is 0.161 e. The molecular formula is C24H17F2N2PS2. The van der Waals surface area contributed by atoms with Gasteiger partial charge in [0.25, 0.3) is 0 Å². The number of halogens is 2. The minimum atomic E-state index is -2.42. The molecule has 7 heteroatoms. The first-order valence-corrected chi connectivity index (χ1v) is 13.8. The molecule has 5 rings (SSSR count). The SMILES string of the molecule is Fc1cc2c(cc1F)SS(N=P(c1ccccc1)(c1ccccc1)c1ccccc1)=N2. The zero-order valence-corrected chi connectivity index (χ0v) is 18.8. The molecule has 154 valence electrons. The Labute approximate surface area is 186 Å². The summed E-state index contributed by atoms with van der Waals surface area (Å²) >= 11 is 0. The molecule has 0 aliphatic carbocycles. The summed E-state index contributed by atoms with van der Waals surface area (Å²) in [6.45, 7) is 0. The lowest BCUT2D eigenvalue weighted by Gasteiger charge is -2.26. The maximum absolute atomic E-state index is 13.8. The highest BCUT2D eigenvalue weighted by atomic mass is 33.1. The van der Waals surface area contributed by atoms with E-state index in [-0.39, 0.29) is 0 Å². The fourth-order valence-electron chi connectivity index (χ4n) is 3.50. The van der Waals surface area contributed by atoms with Gasteiger partial charge in [0.2, 0.25) is 0 Å².